The Kier molecular flexibility index (Phi) is 12.4. The van der Waals surface area contributed by atoms with E-state index in [1.54, 1.807) is 12.1 Å². The minimum atomic E-state index is 0.617. The Labute approximate surface area is 228 Å². The van der Waals surface area contributed by atoms with Crippen molar-refractivity contribution in [1.82, 2.24) is 0 Å². The van der Waals surface area contributed by atoms with Crippen molar-refractivity contribution in [3.05, 3.63) is 94.5 Å². The van der Waals surface area contributed by atoms with E-state index in [2.05, 4.69) is 43.6 Å². The van der Waals surface area contributed by atoms with Gasteiger partial charge in [0.1, 0.15) is 11.5 Å². The first-order chi connectivity index (χ1) is 18.7. The van der Waals surface area contributed by atoms with Crippen LogP contribution in [-0.2, 0) is 0 Å². The number of nitriles is 1. The van der Waals surface area contributed by atoms with Crippen molar-refractivity contribution in [3.8, 4) is 41.2 Å². The molecule has 3 nitrogen and oxygen atoms in total. The molecule has 0 aliphatic heterocycles. The zero-order valence-electron chi connectivity index (χ0n) is 22.7. The molecule has 0 fully saturated rings. The van der Waals surface area contributed by atoms with Crippen LogP contribution >= 0.6 is 0 Å². The van der Waals surface area contributed by atoms with Crippen LogP contribution in [0.1, 0.15) is 93.0 Å². The predicted octanol–water partition coefficient (Wildman–Crippen LogP) is 8.28. The molecule has 0 radical (unpaired) electrons. The minimum Gasteiger partial charge on any atom is -0.492 e. The Morgan fingerprint density at radius 3 is 1.50 bits per heavy atom. The third-order valence-corrected chi connectivity index (χ3v) is 6.06. The van der Waals surface area contributed by atoms with Gasteiger partial charge in [-0.3, -0.25) is 0 Å². The van der Waals surface area contributed by atoms with Crippen molar-refractivity contribution in [2.24, 2.45) is 0 Å². The summed E-state index contributed by atoms with van der Waals surface area (Å²) in [5, 5.41) is 9.07. The highest BCUT2D eigenvalue weighted by Crippen LogP contribution is 2.29. The number of hydrogen-bond donors (Lipinski definition) is 0. The van der Waals surface area contributed by atoms with Gasteiger partial charge >= 0.3 is 0 Å². The molecule has 3 rings (SSSR count). The standard InChI is InChI=1S/C35H37NO2/c1-3-5-7-12-24-37-34-27-33(23-21-30-16-18-31(28-36)19-17-30)35(38-25-13-8-6-4-2)26-32(34)22-20-29-14-10-9-11-15-29/h9-11,14-19,26-27H,3-8,12-13,24-25H2,1-2H3. The minimum absolute atomic E-state index is 0.617. The van der Waals surface area contributed by atoms with E-state index in [1.807, 2.05) is 54.6 Å². The molecule has 3 heteroatoms. The highest BCUT2D eigenvalue weighted by Gasteiger charge is 2.11. The molecule has 0 saturated carbocycles. The summed E-state index contributed by atoms with van der Waals surface area (Å²) in [5.74, 6) is 14.5. The Bertz CT molecular complexity index is 1300. The first kappa shape index (κ1) is 28.4. The molecule has 0 aromatic heterocycles. The highest BCUT2D eigenvalue weighted by molar-refractivity contribution is 5.60. The van der Waals surface area contributed by atoms with Gasteiger partial charge in [-0.15, -0.1) is 0 Å². The lowest BCUT2D eigenvalue weighted by Crippen LogP contribution is -2.03. The second-order valence-electron chi connectivity index (χ2n) is 9.22. The van der Waals surface area contributed by atoms with Crippen molar-refractivity contribution >= 4 is 0 Å². The van der Waals surface area contributed by atoms with Crippen molar-refractivity contribution < 1.29 is 9.47 Å². The summed E-state index contributed by atoms with van der Waals surface area (Å²) in [6, 6.07) is 23.3. The monoisotopic (exact) mass is 503 g/mol. The van der Waals surface area contributed by atoms with Gasteiger partial charge in [0.15, 0.2) is 0 Å². The second-order valence-corrected chi connectivity index (χ2v) is 9.22. The Balaban J connectivity index is 1.95. The quantitative estimate of drug-likeness (QED) is 0.184. The zero-order valence-corrected chi connectivity index (χ0v) is 22.7. The van der Waals surface area contributed by atoms with Crippen molar-refractivity contribution in [1.29, 1.82) is 5.26 Å². The summed E-state index contributed by atoms with van der Waals surface area (Å²) in [7, 11) is 0. The van der Waals surface area contributed by atoms with Crippen LogP contribution in [0.2, 0.25) is 0 Å². The Morgan fingerprint density at radius 2 is 1.03 bits per heavy atom. The maximum absolute atomic E-state index is 9.07. The molecule has 38 heavy (non-hydrogen) atoms. The lowest BCUT2D eigenvalue weighted by Gasteiger charge is -2.14. The van der Waals surface area contributed by atoms with E-state index >= 15 is 0 Å². The van der Waals surface area contributed by atoms with E-state index < -0.39 is 0 Å². The average Bonchev–Trinajstić information content (AvgIpc) is 2.96. The van der Waals surface area contributed by atoms with E-state index in [0.29, 0.717) is 18.8 Å². The molecule has 0 unspecified atom stereocenters. The number of unbranched alkanes of at least 4 members (excludes halogenated alkanes) is 6. The van der Waals surface area contributed by atoms with Gasteiger partial charge in [0, 0.05) is 23.3 Å². The topological polar surface area (TPSA) is 42.2 Å². The zero-order chi connectivity index (χ0) is 26.8. The van der Waals surface area contributed by atoms with Gasteiger partial charge in [-0.05, 0) is 49.2 Å². The molecular weight excluding hydrogens is 466 g/mol. The lowest BCUT2D eigenvalue weighted by molar-refractivity contribution is 0.295. The van der Waals surface area contributed by atoms with Gasteiger partial charge in [-0.2, -0.15) is 5.26 Å². The van der Waals surface area contributed by atoms with Crippen LogP contribution in [-0.4, -0.2) is 13.2 Å². The smallest absolute Gasteiger partial charge is 0.136 e. The number of hydrogen-bond acceptors (Lipinski definition) is 3. The van der Waals surface area contributed by atoms with Gasteiger partial charge < -0.3 is 9.47 Å². The molecule has 0 N–H and O–H groups in total. The van der Waals surface area contributed by atoms with Crippen molar-refractivity contribution in [2.75, 3.05) is 13.2 Å². The van der Waals surface area contributed by atoms with E-state index in [-0.39, 0.29) is 0 Å². The molecular formula is C35H37NO2. The van der Waals surface area contributed by atoms with Crippen LogP contribution in [0, 0.1) is 35.0 Å². The summed E-state index contributed by atoms with van der Waals surface area (Å²) in [5.41, 5.74) is 3.99. The van der Waals surface area contributed by atoms with Gasteiger partial charge in [0.05, 0.1) is 36.0 Å². The number of ether oxygens (including phenoxy) is 2. The molecule has 0 saturated heterocycles. The molecule has 0 heterocycles. The fraction of sp³-hybridized carbons (Fsp3) is 0.343. The van der Waals surface area contributed by atoms with Gasteiger partial charge in [-0.1, -0.05) is 94.3 Å². The van der Waals surface area contributed by atoms with Crippen LogP contribution in [0.4, 0.5) is 0 Å². The fourth-order valence-corrected chi connectivity index (χ4v) is 3.84. The first-order valence-electron chi connectivity index (χ1n) is 13.8. The maximum atomic E-state index is 9.07. The largest absolute Gasteiger partial charge is 0.492 e. The van der Waals surface area contributed by atoms with Crippen LogP contribution in [0.3, 0.4) is 0 Å². The summed E-state index contributed by atoms with van der Waals surface area (Å²) in [4.78, 5) is 0. The Morgan fingerprint density at radius 1 is 0.553 bits per heavy atom. The number of nitrogens with zero attached hydrogens (tertiary/aromatic N) is 1. The lowest BCUT2D eigenvalue weighted by atomic mass is 10.1. The van der Waals surface area contributed by atoms with E-state index in [4.69, 9.17) is 14.7 Å². The van der Waals surface area contributed by atoms with Crippen LogP contribution in [0.5, 0.6) is 11.5 Å². The van der Waals surface area contributed by atoms with E-state index in [0.717, 1.165) is 59.4 Å². The van der Waals surface area contributed by atoms with E-state index in [9.17, 15) is 0 Å². The summed E-state index contributed by atoms with van der Waals surface area (Å²) in [6.45, 7) is 5.68. The number of rotatable bonds is 12. The SMILES string of the molecule is CCCCCCOc1cc(C#Cc2ccc(C#N)cc2)c(OCCCCCC)cc1C#Cc1ccccc1. The van der Waals surface area contributed by atoms with Crippen LogP contribution in [0.15, 0.2) is 66.7 Å². The summed E-state index contributed by atoms with van der Waals surface area (Å²) in [6.07, 6.45) is 9.06. The Hall–Kier alpha value is -4.13. The molecule has 194 valence electrons. The summed E-state index contributed by atoms with van der Waals surface area (Å²) >= 11 is 0. The third kappa shape index (κ3) is 9.73. The van der Waals surface area contributed by atoms with Crippen molar-refractivity contribution in [2.45, 2.75) is 65.2 Å². The fourth-order valence-electron chi connectivity index (χ4n) is 3.84. The number of benzene rings is 3. The highest BCUT2D eigenvalue weighted by atomic mass is 16.5. The molecule has 0 aliphatic rings. The molecule has 0 atom stereocenters. The van der Waals surface area contributed by atoms with Gasteiger partial charge in [0.2, 0.25) is 0 Å². The molecule has 0 bridgehead atoms. The molecule has 0 spiro atoms. The third-order valence-electron chi connectivity index (χ3n) is 6.06. The maximum Gasteiger partial charge on any atom is 0.136 e. The average molecular weight is 504 g/mol. The van der Waals surface area contributed by atoms with Gasteiger partial charge in [0.25, 0.3) is 0 Å². The molecule has 3 aromatic carbocycles. The first-order valence-corrected chi connectivity index (χ1v) is 13.8. The van der Waals surface area contributed by atoms with Crippen LogP contribution in [0.25, 0.3) is 0 Å². The molecule has 3 aromatic rings. The van der Waals surface area contributed by atoms with Crippen molar-refractivity contribution in [3.63, 3.8) is 0 Å². The molecule has 0 aliphatic carbocycles. The predicted molar refractivity (Wildman–Crippen MR) is 155 cm³/mol. The van der Waals surface area contributed by atoms with Gasteiger partial charge in [-0.25, -0.2) is 0 Å². The molecule has 0 amide bonds. The second kappa shape index (κ2) is 16.6. The van der Waals surface area contributed by atoms with Crippen LogP contribution < -0.4 is 9.47 Å². The van der Waals surface area contributed by atoms with E-state index in [1.165, 1.54) is 25.7 Å². The summed E-state index contributed by atoms with van der Waals surface area (Å²) < 4.78 is 12.5. The normalized spacial score (nSPS) is 9.92.